The van der Waals surface area contributed by atoms with Gasteiger partial charge in [-0.05, 0) is 12.1 Å². The van der Waals surface area contributed by atoms with Crippen LogP contribution in [0, 0.1) is 0 Å². The molecule has 0 saturated carbocycles. The number of carboxylic acid groups (broad SMARTS) is 1. The number of carbonyl (C=O) groups is 2. The topological polar surface area (TPSA) is 82.8 Å². The van der Waals surface area contributed by atoms with Crippen LogP contribution in [0.5, 0.6) is 5.75 Å². The van der Waals surface area contributed by atoms with Crippen molar-refractivity contribution < 1.29 is 19.8 Å². The number of phenolic OH excluding ortho intramolecular Hbond substituents is 1. The molecule has 2 N–H and O–H groups in total. The Bertz CT molecular complexity index is 660. The molecule has 0 atom stereocenters. The van der Waals surface area contributed by atoms with Crippen LogP contribution in [0.4, 0.5) is 0 Å². The fourth-order valence-corrected chi connectivity index (χ4v) is 2.07. The fraction of sp³-hybridized carbons (Fsp3) is 0.231. The van der Waals surface area contributed by atoms with Gasteiger partial charge < -0.3 is 19.7 Å². The number of hydrogen-bond donors (Lipinski definition) is 2. The van der Waals surface area contributed by atoms with Crippen LogP contribution in [0.2, 0.25) is 0 Å². The van der Waals surface area contributed by atoms with E-state index in [1.165, 1.54) is 13.1 Å². The van der Waals surface area contributed by atoms with Crippen molar-refractivity contribution >= 4 is 22.8 Å². The number of benzene rings is 1. The molecule has 0 radical (unpaired) electrons. The molecular formula is C13H14N2O4. The van der Waals surface area contributed by atoms with E-state index in [2.05, 4.69) is 0 Å². The number of hydrogen-bond acceptors (Lipinski definition) is 3. The summed E-state index contributed by atoms with van der Waals surface area (Å²) in [6.45, 7) is -0.369. The van der Waals surface area contributed by atoms with E-state index in [9.17, 15) is 14.7 Å². The maximum atomic E-state index is 12.1. The smallest absolute Gasteiger partial charge is 0.323 e. The van der Waals surface area contributed by atoms with Crippen molar-refractivity contribution in [3.63, 3.8) is 0 Å². The third kappa shape index (κ3) is 2.24. The molecule has 0 spiro atoms. The number of phenols is 1. The number of aryl methyl sites for hydroxylation is 1. The summed E-state index contributed by atoms with van der Waals surface area (Å²) in [6, 6.07) is 6.64. The standard InChI is InChI=1S/C13H14N2O4/c1-14(7-11(17)18)13(19)9-6-8-4-3-5-10(16)12(8)15(9)2/h3-6,16H,7H2,1-2H3,(H,17,18). The monoisotopic (exact) mass is 262 g/mol. The molecule has 19 heavy (non-hydrogen) atoms. The minimum absolute atomic E-state index is 0.0833. The Morgan fingerprint density at radius 3 is 2.63 bits per heavy atom. The summed E-state index contributed by atoms with van der Waals surface area (Å²) in [5, 5.41) is 19.2. The molecule has 0 saturated heterocycles. The fourth-order valence-electron chi connectivity index (χ4n) is 2.07. The van der Waals surface area contributed by atoms with E-state index in [1.807, 2.05) is 0 Å². The van der Waals surface area contributed by atoms with Crippen molar-refractivity contribution in [1.82, 2.24) is 9.47 Å². The summed E-state index contributed by atoms with van der Waals surface area (Å²) in [5.74, 6) is -1.39. The van der Waals surface area contributed by atoms with E-state index in [0.717, 1.165) is 10.3 Å². The highest BCUT2D eigenvalue weighted by Crippen LogP contribution is 2.27. The van der Waals surface area contributed by atoms with Crippen LogP contribution in [0.1, 0.15) is 10.5 Å². The van der Waals surface area contributed by atoms with E-state index in [-0.39, 0.29) is 12.3 Å². The molecule has 0 unspecified atom stereocenters. The van der Waals surface area contributed by atoms with Crippen molar-refractivity contribution in [2.24, 2.45) is 7.05 Å². The average molecular weight is 262 g/mol. The zero-order chi connectivity index (χ0) is 14.2. The van der Waals surface area contributed by atoms with Crippen LogP contribution in [0.3, 0.4) is 0 Å². The van der Waals surface area contributed by atoms with E-state index < -0.39 is 11.9 Å². The van der Waals surface area contributed by atoms with Crippen LogP contribution in [-0.2, 0) is 11.8 Å². The number of carbonyl (C=O) groups excluding carboxylic acids is 1. The van der Waals surface area contributed by atoms with Crippen LogP contribution >= 0.6 is 0 Å². The van der Waals surface area contributed by atoms with Crippen LogP contribution in [0.25, 0.3) is 10.9 Å². The Hall–Kier alpha value is -2.50. The highest BCUT2D eigenvalue weighted by Gasteiger charge is 2.19. The largest absolute Gasteiger partial charge is 0.506 e. The predicted molar refractivity (Wildman–Crippen MR) is 69.2 cm³/mol. The highest BCUT2D eigenvalue weighted by atomic mass is 16.4. The lowest BCUT2D eigenvalue weighted by Gasteiger charge is -2.14. The quantitative estimate of drug-likeness (QED) is 0.865. The molecule has 1 heterocycles. The van der Waals surface area contributed by atoms with Gasteiger partial charge in [-0.25, -0.2) is 0 Å². The Balaban J connectivity index is 2.46. The van der Waals surface area contributed by atoms with Crippen LogP contribution < -0.4 is 0 Å². The van der Waals surface area contributed by atoms with Crippen molar-refractivity contribution in [1.29, 1.82) is 0 Å². The molecule has 0 fully saturated rings. The molecule has 1 amide bonds. The first-order valence-corrected chi connectivity index (χ1v) is 5.66. The number of nitrogens with zero attached hydrogens (tertiary/aromatic N) is 2. The number of aromatic hydroxyl groups is 1. The molecule has 0 aliphatic carbocycles. The lowest BCUT2D eigenvalue weighted by Crippen LogP contribution is -2.33. The van der Waals surface area contributed by atoms with E-state index >= 15 is 0 Å². The molecule has 6 heteroatoms. The maximum absolute atomic E-state index is 12.1. The van der Waals surface area contributed by atoms with Crippen molar-refractivity contribution in [3.8, 4) is 5.75 Å². The number of likely N-dealkylation sites (N-methyl/N-ethyl adjacent to an activating group) is 1. The van der Waals surface area contributed by atoms with E-state index in [0.29, 0.717) is 11.2 Å². The number of amides is 1. The molecule has 0 aliphatic heterocycles. The summed E-state index contributed by atoms with van der Waals surface area (Å²) in [5.41, 5.74) is 0.884. The van der Waals surface area contributed by atoms with Gasteiger partial charge in [0.1, 0.15) is 18.0 Å². The van der Waals surface area contributed by atoms with E-state index in [4.69, 9.17) is 5.11 Å². The van der Waals surface area contributed by atoms with Gasteiger partial charge in [0, 0.05) is 19.5 Å². The molecule has 100 valence electrons. The van der Waals surface area contributed by atoms with Gasteiger partial charge in [-0.15, -0.1) is 0 Å². The molecule has 1 aromatic heterocycles. The number of carboxylic acids is 1. The van der Waals surface area contributed by atoms with Gasteiger partial charge in [0.15, 0.2) is 0 Å². The van der Waals surface area contributed by atoms with Crippen molar-refractivity contribution in [3.05, 3.63) is 30.0 Å². The molecule has 1 aromatic carbocycles. The average Bonchev–Trinajstić information content (AvgIpc) is 2.66. The van der Waals surface area contributed by atoms with Crippen LogP contribution in [-0.4, -0.2) is 45.1 Å². The van der Waals surface area contributed by atoms with Crippen LogP contribution in [0.15, 0.2) is 24.3 Å². The lowest BCUT2D eigenvalue weighted by atomic mass is 10.2. The molecular weight excluding hydrogens is 248 g/mol. The Kier molecular flexibility index (Phi) is 3.16. The van der Waals surface area contributed by atoms with Gasteiger partial charge >= 0.3 is 5.97 Å². The molecule has 6 nitrogen and oxygen atoms in total. The first kappa shape index (κ1) is 12.9. The number of para-hydroxylation sites is 1. The Morgan fingerprint density at radius 1 is 1.37 bits per heavy atom. The minimum Gasteiger partial charge on any atom is -0.506 e. The second-order valence-electron chi connectivity index (χ2n) is 4.36. The third-order valence-electron chi connectivity index (χ3n) is 2.97. The SMILES string of the molecule is CN(CC(=O)O)C(=O)c1cc2cccc(O)c2n1C. The lowest BCUT2D eigenvalue weighted by molar-refractivity contribution is -0.137. The zero-order valence-electron chi connectivity index (χ0n) is 10.6. The number of aromatic nitrogens is 1. The van der Waals surface area contributed by atoms with Gasteiger partial charge in [-0.3, -0.25) is 9.59 Å². The number of rotatable bonds is 3. The Morgan fingerprint density at radius 2 is 2.05 bits per heavy atom. The zero-order valence-corrected chi connectivity index (χ0v) is 10.6. The minimum atomic E-state index is -1.07. The molecule has 2 rings (SSSR count). The van der Waals surface area contributed by atoms with Gasteiger partial charge in [-0.1, -0.05) is 12.1 Å². The summed E-state index contributed by atoms with van der Waals surface area (Å²) in [4.78, 5) is 23.9. The normalized spacial score (nSPS) is 10.6. The van der Waals surface area contributed by atoms with Gasteiger partial charge in [0.25, 0.3) is 5.91 Å². The summed E-state index contributed by atoms with van der Waals surface area (Å²) in [7, 11) is 3.08. The second-order valence-corrected chi connectivity index (χ2v) is 4.36. The summed E-state index contributed by atoms with van der Waals surface area (Å²) in [6.07, 6.45) is 0. The predicted octanol–water partition coefficient (Wildman–Crippen LogP) is 1.04. The summed E-state index contributed by atoms with van der Waals surface area (Å²) >= 11 is 0. The van der Waals surface area contributed by atoms with E-state index in [1.54, 1.807) is 29.8 Å². The van der Waals surface area contributed by atoms with Gasteiger partial charge in [-0.2, -0.15) is 0 Å². The first-order chi connectivity index (χ1) is 8.91. The number of aliphatic carboxylic acids is 1. The summed E-state index contributed by atoms with van der Waals surface area (Å²) < 4.78 is 1.56. The molecule has 0 bridgehead atoms. The third-order valence-corrected chi connectivity index (χ3v) is 2.97. The highest BCUT2D eigenvalue weighted by molar-refractivity contribution is 6.00. The molecule has 2 aromatic rings. The van der Waals surface area contributed by atoms with Gasteiger partial charge in [0.2, 0.25) is 0 Å². The van der Waals surface area contributed by atoms with Crippen molar-refractivity contribution in [2.45, 2.75) is 0 Å². The van der Waals surface area contributed by atoms with Crippen molar-refractivity contribution in [2.75, 3.05) is 13.6 Å². The maximum Gasteiger partial charge on any atom is 0.323 e. The second kappa shape index (κ2) is 4.64. The first-order valence-electron chi connectivity index (χ1n) is 5.66. The van der Waals surface area contributed by atoms with Gasteiger partial charge in [0.05, 0.1) is 5.52 Å². The molecule has 0 aliphatic rings. The number of fused-ring (bicyclic) bond motifs is 1. The Labute approximate surface area is 109 Å².